The molecule has 0 N–H and O–H groups in total. The Balaban J connectivity index is 1.16. The highest BCUT2D eigenvalue weighted by Gasteiger charge is 2.71. The van der Waals surface area contributed by atoms with Crippen molar-refractivity contribution in [2.75, 3.05) is 11.4 Å². The molecule has 54 heavy (non-hydrogen) atoms. The molecule has 0 saturated heterocycles. The molecule has 5 unspecified atom stereocenters. The summed E-state index contributed by atoms with van der Waals surface area (Å²) < 4.78 is 7.57. The number of unbranched alkanes of at least 4 members (excludes halogenated alkanes) is 1. The van der Waals surface area contributed by atoms with Gasteiger partial charge in [0.15, 0.2) is 23.6 Å². The lowest BCUT2D eigenvalue weighted by atomic mass is 9.56. The fraction of sp³-hybridized carbons (Fsp3) is 0.417. The predicted molar refractivity (Wildman–Crippen MR) is 218 cm³/mol. The van der Waals surface area contributed by atoms with Crippen molar-refractivity contribution >= 4 is 16.6 Å². The van der Waals surface area contributed by atoms with Gasteiger partial charge in [-0.15, -0.1) is 0 Å². The van der Waals surface area contributed by atoms with E-state index in [-0.39, 0.29) is 22.5 Å². The van der Waals surface area contributed by atoms with Gasteiger partial charge in [-0.05, 0) is 73.7 Å². The van der Waals surface area contributed by atoms with E-state index in [4.69, 9.17) is 10.1 Å². The fourth-order valence-electron chi connectivity index (χ4n) is 11.2. The van der Waals surface area contributed by atoms with Crippen molar-refractivity contribution in [3.8, 4) is 22.8 Å². The summed E-state index contributed by atoms with van der Waals surface area (Å²) in [6.07, 6.45) is 18.9. The van der Waals surface area contributed by atoms with Gasteiger partial charge in [-0.3, -0.25) is 0 Å². The van der Waals surface area contributed by atoms with E-state index >= 15 is 0 Å². The lowest BCUT2D eigenvalue weighted by molar-refractivity contribution is -0.765. The van der Waals surface area contributed by atoms with E-state index in [9.17, 15) is 0 Å². The normalized spacial score (nSPS) is 25.5. The monoisotopic (exact) mass is 714 g/mol. The molecule has 5 aliphatic rings. The maximum atomic E-state index is 5.46. The number of rotatable bonds is 8. The van der Waals surface area contributed by atoms with Crippen LogP contribution in [0.5, 0.6) is 0 Å². The van der Waals surface area contributed by atoms with E-state index < -0.39 is 0 Å². The molecule has 5 aromatic rings. The Morgan fingerprint density at radius 2 is 1.72 bits per heavy atom. The summed E-state index contributed by atoms with van der Waals surface area (Å²) in [4.78, 5) is 7.98. The number of nitrogens with zero attached hydrogens (tertiary/aromatic N) is 6. The Morgan fingerprint density at radius 3 is 2.50 bits per heavy atom. The standard InChI is InChI=1S/C48H54N6/c1-8-12-17-31-21-23-34-35-28-36-37(29-42(35)51(11-4)41(34)26-31)39-24-22-32-18-13-14-19-38(32)53(39)43(36)27-33-30-47(9-2)48(33,10-3)54-44(40-20-15-16-25-52(40)47)49-45(50-54)46(5,6)7/h13-16,18-26,28-30,34,41,43H,8-12,17,27H2,1-7H3/q+2. The Kier molecular flexibility index (Phi) is 7.38. The van der Waals surface area contributed by atoms with E-state index in [1.807, 2.05) is 0 Å². The van der Waals surface area contributed by atoms with E-state index in [0.29, 0.717) is 12.0 Å². The van der Waals surface area contributed by atoms with Crippen LogP contribution >= 0.6 is 0 Å². The van der Waals surface area contributed by atoms with Crippen LogP contribution in [0.3, 0.4) is 0 Å². The van der Waals surface area contributed by atoms with Gasteiger partial charge >= 0.3 is 0 Å². The first-order valence-corrected chi connectivity index (χ1v) is 20.7. The van der Waals surface area contributed by atoms with Gasteiger partial charge in [0.1, 0.15) is 0 Å². The molecule has 0 fully saturated rings. The summed E-state index contributed by atoms with van der Waals surface area (Å²) >= 11 is 0. The topological polar surface area (TPSA) is 41.7 Å². The number of para-hydroxylation sites is 1. The summed E-state index contributed by atoms with van der Waals surface area (Å²) in [5.41, 5.74) is 11.8. The van der Waals surface area contributed by atoms with Crippen molar-refractivity contribution in [2.45, 2.75) is 121 Å². The summed E-state index contributed by atoms with van der Waals surface area (Å²) in [5.74, 6) is 2.27. The van der Waals surface area contributed by atoms with Crippen LogP contribution in [-0.4, -0.2) is 27.4 Å². The summed E-state index contributed by atoms with van der Waals surface area (Å²) in [5, 5.41) is 6.75. The van der Waals surface area contributed by atoms with Crippen molar-refractivity contribution in [3.63, 3.8) is 0 Å². The number of hydrogen-bond acceptors (Lipinski definition) is 3. The van der Waals surface area contributed by atoms with Gasteiger partial charge in [0.25, 0.3) is 5.69 Å². The zero-order chi connectivity index (χ0) is 37.1. The Morgan fingerprint density at radius 1 is 0.889 bits per heavy atom. The minimum atomic E-state index is -0.326. The largest absolute Gasteiger partial charge is 0.364 e. The molecule has 2 aliphatic carbocycles. The zero-order valence-electron chi connectivity index (χ0n) is 33.1. The van der Waals surface area contributed by atoms with E-state index in [2.05, 4.69) is 164 Å². The molecule has 0 bridgehead atoms. The third-order valence-corrected chi connectivity index (χ3v) is 13.8. The first-order valence-electron chi connectivity index (χ1n) is 20.7. The maximum Gasteiger partial charge on any atom is 0.250 e. The maximum absolute atomic E-state index is 5.46. The highest BCUT2D eigenvalue weighted by atomic mass is 15.4. The molecule has 0 saturated carbocycles. The molecular formula is C48H54N6+2. The number of likely N-dealkylation sites (N-methyl/N-ethyl adjacent to an activating group) is 1. The smallest absolute Gasteiger partial charge is 0.250 e. The summed E-state index contributed by atoms with van der Waals surface area (Å²) in [6.45, 7) is 17.0. The average molecular weight is 715 g/mol. The van der Waals surface area contributed by atoms with E-state index in [1.165, 1.54) is 69.4 Å². The van der Waals surface area contributed by atoms with Crippen LogP contribution in [0.2, 0.25) is 0 Å². The zero-order valence-corrected chi connectivity index (χ0v) is 33.1. The molecule has 5 atom stereocenters. The average Bonchev–Trinajstić information content (AvgIpc) is 3.85. The van der Waals surface area contributed by atoms with Gasteiger partial charge in [0.2, 0.25) is 22.6 Å². The molecule has 6 heterocycles. The van der Waals surface area contributed by atoms with E-state index in [0.717, 1.165) is 43.1 Å². The fourth-order valence-corrected chi connectivity index (χ4v) is 11.2. The summed E-state index contributed by atoms with van der Waals surface area (Å²) in [7, 11) is 0. The first kappa shape index (κ1) is 33.7. The van der Waals surface area contributed by atoms with Crippen LogP contribution in [0.4, 0.5) is 5.69 Å². The Hall–Kier alpha value is -4.84. The molecule has 0 radical (unpaired) electrons. The molecule has 6 heteroatoms. The van der Waals surface area contributed by atoms with Crippen LogP contribution < -0.4 is 14.0 Å². The second kappa shape index (κ2) is 11.8. The molecule has 2 aromatic carbocycles. The number of fused-ring (bicyclic) bond motifs is 14. The highest BCUT2D eigenvalue weighted by Crippen LogP contribution is 2.60. The number of allylic oxidation sites excluding steroid dienone is 4. The quantitative estimate of drug-likeness (QED) is 0.119. The van der Waals surface area contributed by atoms with Crippen molar-refractivity contribution in [2.24, 2.45) is 0 Å². The molecule has 274 valence electrons. The highest BCUT2D eigenvalue weighted by molar-refractivity contribution is 5.82. The number of pyridine rings is 2. The first-order chi connectivity index (χ1) is 26.2. The van der Waals surface area contributed by atoms with Crippen molar-refractivity contribution < 1.29 is 9.13 Å². The molecule has 3 aliphatic heterocycles. The van der Waals surface area contributed by atoms with Crippen LogP contribution in [0, 0.1) is 0 Å². The third kappa shape index (κ3) is 4.28. The predicted octanol–water partition coefficient (Wildman–Crippen LogP) is 9.77. The van der Waals surface area contributed by atoms with Crippen molar-refractivity contribution in [1.82, 2.24) is 14.8 Å². The molecule has 6 nitrogen and oxygen atoms in total. The van der Waals surface area contributed by atoms with Crippen molar-refractivity contribution in [3.05, 3.63) is 125 Å². The molecule has 10 rings (SSSR count). The minimum absolute atomic E-state index is 0.157. The van der Waals surface area contributed by atoms with Gasteiger partial charge in [-0.1, -0.05) is 83.9 Å². The van der Waals surface area contributed by atoms with Gasteiger partial charge in [0, 0.05) is 71.6 Å². The van der Waals surface area contributed by atoms with Crippen LogP contribution in [0.1, 0.15) is 116 Å². The van der Waals surface area contributed by atoms with E-state index in [1.54, 1.807) is 0 Å². The molecular weight excluding hydrogens is 661 g/mol. The second-order valence-electron chi connectivity index (χ2n) is 17.4. The number of aromatic nitrogens is 5. The summed E-state index contributed by atoms with van der Waals surface area (Å²) in [6, 6.07) is 26.0. The Labute approximate surface area is 320 Å². The molecule has 0 spiro atoms. The third-order valence-electron chi connectivity index (χ3n) is 13.8. The van der Waals surface area contributed by atoms with Crippen molar-refractivity contribution in [1.29, 1.82) is 0 Å². The van der Waals surface area contributed by atoms with Gasteiger partial charge in [0.05, 0.1) is 11.6 Å². The number of benzene rings is 2. The molecule has 0 amide bonds. The lowest BCUT2D eigenvalue weighted by Gasteiger charge is -2.55. The van der Waals surface area contributed by atoms with Gasteiger partial charge < -0.3 is 4.90 Å². The van der Waals surface area contributed by atoms with Gasteiger partial charge in [-0.2, -0.15) is 14.2 Å². The SMILES string of the molecule is CCCCC1=CC2C(C=C1)c1cc3c(cc1N2CC)-c1ccc2ccccc2[n+]1C3CC1=CC2(CC)[n+]3ccccc3-c3nc(C(C)(C)C)nn3C12CC. The Bertz CT molecular complexity index is 2460. The van der Waals surface area contributed by atoms with Crippen LogP contribution in [0.15, 0.2) is 108 Å². The second-order valence-corrected chi connectivity index (χ2v) is 17.4. The van der Waals surface area contributed by atoms with Crippen LogP contribution in [-0.2, 0) is 16.5 Å². The minimum Gasteiger partial charge on any atom is -0.364 e. The van der Waals surface area contributed by atoms with Crippen LogP contribution in [0.25, 0.3) is 33.7 Å². The lowest BCUT2D eigenvalue weighted by Crippen LogP contribution is -2.76. The van der Waals surface area contributed by atoms with Gasteiger partial charge in [-0.25, -0.2) is 9.67 Å². The molecule has 3 aromatic heterocycles. The number of anilines is 1. The number of hydrogen-bond donors (Lipinski definition) is 0.